The minimum atomic E-state index is 0.798. The number of aromatic nitrogens is 1. The van der Waals surface area contributed by atoms with E-state index in [4.69, 9.17) is 4.74 Å². The molecule has 178 valence electrons. The molecule has 0 aliphatic heterocycles. The van der Waals surface area contributed by atoms with Crippen LogP contribution >= 0.6 is 0 Å². The van der Waals surface area contributed by atoms with Crippen molar-refractivity contribution >= 4 is 0 Å². The van der Waals surface area contributed by atoms with Crippen molar-refractivity contribution in [3.05, 3.63) is 59.4 Å². The van der Waals surface area contributed by atoms with Crippen molar-refractivity contribution in [2.24, 2.45) is 0 Å². The molecule has 0 unspecified atom stereocenters. The predicted molar refractivity (Wildman–Crippen MR) is 142 cm³/mol. The molecule has 1 aromatic heterocycles. The Hall–Kier alpha value is -2.71. The highest BCUT2D eigenvalue weighted by atomic mass is 16.5. The van der Waals surface area contributed by atoms with Gasteiger partial charge < -0.3 is 4.74 Å². The zero-order valence-electron chi connectivity index (χ0n) is 21.0. The summed E-state index contributed by atoms with van der Waals surface area (Å²) in [4.78, 5) is 4.52. The summed E-state index contributed by atoms with van der Waals surface area (Å²) in [5.74, 6) is 7.31. The molecule has 0 aliphatic rings. The number of aryl methyl sites for hydroxylation is 1. The summed E-state index contributed by atoms with van der Waals surface area (Å²) in [6.07, 6.45) is 26.8. The highest BCUT2D eigenvalue weighted by Gasteiger charge is 1.97. The SMILES string of the molecule is C#C.CCCCCCCCOc1ccc(C#Cc2ccc(CCCCCCCC)cn2)cc1. The van der Waals surface area contributed by atoms with Crippen LogP contribution in [0.15, 0.2) is 42.6 Å². The van der Waals surface area contributed by atoms with Gasteiger partial charge in [-0.2, -0.15) is 0 Å². The maximum atomic E-state index is 5.84. The van der Waals surface area contributed by atoms with Gasteiger partial charge >= 0.3 is 0 Å². The van der Waals surface area contributed by atoms with Gasteiger partial charge in [0.05, 0.1) is 6.61 Å². The topological polar surface area (TPSA) is 22.1 Å². The molecule has 2 aromatic rings. The molecule has 1 heterocycles. The van der Waals surface area contributed by atoms with Crippen molar-refractivity contribution in [1.82, 2.24) is 4.98 Å². The molecule has 0 saturated carbocycles. The summed E-state index contributed by atoms with van der Waals surface area (Å²) in [5.41, 5.74) is 3.13. The van der Waals surface area contributed by atoms with Crippen molar-refractivity contribution in [3.8, 4) is 30.4 Å². The van der Waals surface area contributed by atoms with Crippen molar-refractivity contribution in [1.29, 1.82) is 0 Å². The van der Waals surface area contributed by atoms with E-state index in [0.717, 1.165) is 36.5 Å². The second kappa shape index (κ2) is 19.9. The maximum absolute atomic E-state index is 5.84. The smallest absolute Gasteiger partial charge is 0.119 e. The summed E-state index contributed by atoms with van der Waals surface area (Å²) in [6.45, 7) is 5.31. The van der Waals surface area contributed by atoms with E-state index in [2.05, 4.69) is 49.6 Å². The number of rotatable bonds is 15. The first-order valence-electron chi connectivity index (χ1n) is 12.8. The third kappa shape index (κ3) is 14.1. The largest absolute Gasteiger partial charge is 0.494 e. The zero-order chi connectivity index (χ0) is 24.0. The second-order valence-electron chi connectivity index (χ2n) is 8.46. The third-order valence-electron chi connectivity index (χ3n) is 5.60. The lowest BCUT2D eigenvalue weighted by Crippen LogP contribution is -1.97. The summed E-state index contributed by atoms with van der Waals surface area (Å²) in [5, 5.41) is 0. The van der Waals surface area contributed by atoms with E-state index in [-0.39, 0.29) is 0 Å². The van der Waals surface area contributed by atoms with Crippen LogP contribution in [0.25, 0.3) is 0 Å². The molecular formula is C31H43NO. The van der Waals surface area contributed by atoms with Crippen LogP contribution in [0.4, 0.5) is 0 Å². The Morgan fingerprint density at radius 2 is 1.30 bits per heavy atom. The van der Waals surface area contributed by atoms with Gasteiger partial charge in [0.15, 0.2) is 0 Å². The fourth-order valence-corrected chi connectivity index (χ4v) is 3.60. The Labute approximate surface area is 203 Å². The highest BCUT2D eigenvalue weighted by molar-refractivity contribution is 5.42. The minimum Gasteiger partial charge on any atom is -0.494 e. The number of unbranched alkanes of at least 4 members (excludes halogenated alkanes) is 10. The molecule has 2 nitrogen and oxygen atoms in total. The van der Waals surface area contributed by atoms with Crippen molar-refractivity contribution in [3.63, 3.8) is 0 Å². The van der Waals surface area contributed by atoms with Gasteiger partial charge in [-0.15, -0.1) is 12.8 Å². The number of pyridine rings is 1. The van der Waals surface area contributed by atoms with Crippen LogP contribution in [0.1, 0.15) is 108 Å². The van der Waals surface area contributed by atoms with Gasteiger partial charge in [0, 0.05) is 11.8 Å². The van der Waals surface area contributed by atoms with Crippen LogP contribution in [-0.4, -0.2) is 11.6 Å². The van der Waals surface area contributed by atoms with E-state index in [1.807, 2.05) is 36.5 Å². The van der Waals surface area contributed by atoms with Gasteiger partial charge in [0.2, 0.25) is 0 Å². The first-order chi connectivity index (χ1) is 16.3. The number of ether oxygens (including phenoxy) is 1. The van der Waals surface area contributed by atoms with Crippen molar-refractivity contribution < 1.29 is 4.74 Å². The van der Waals surface area contributed by atoms with Crippen LogP contribution in [-0.2, 0) is 6.42 Å². The van der Waals surface area contributed by atoms with Crippen molar-refractivity contribution in [2.45, 2.75) is 97.3 Å². The standard InChI is InChI=1S/C29H41NO.C2H2/c1-3-5-7-9-11-13-15-27-17-21-28(30-25-27)20-16-26-18-22-29(23-19-26)31-24-14-12-10-8-6-4-2;1-2/h17-19,21-23,25H,3-15,24H2,1-2H3;1-2H. The van der Waals surface area contributed by atoms with Crippen molar-refractivity contribution in [2.75, 3.05) is 6.61 Å². The maximum Gasteiger partial charge on any atom is 0.119 e. The summed E-state index contributed by atoms with van der Waals surface area (Å²) in [7, 11) is 0. The third-order valence-corrected chi connectivity index (χ3v) is 5.60. The molecule has 0 bridgehead atoms. The molecule has 0 saturated heterocycles. The molecular weight excluding hydrogens is 402 g/mol. The molecule has 0 fully saturated rings. The van der Waals surface area contributed by atoms with Crippen LogP contribution in [0.5, 0.6) is 5.75 Å². The molecule has 0 N–H and O–H groups in total. The number of hydrogen-bond donors (Lipinski definition) is 0. The van der Waals surface area contributed by atoms with Crippen LogP contribution in [0.3, 0.4) is 0 Å². The predicted octanol–water partition coefficient (Wildman–Crippen LogP) is 8.37. The average molecular weight is 446 g/mol. The molecule has 0 spiro atoms. The fraction of sp³-hybridized carbons (Fsp3) is 0.516. The lowest BCUT2D eigenvalue weighted by molar-refractivity contribution is 0.304. The van der Waals surface area contributed by atoms with E-state index in [1.54, 1.807) is 0 Å². The molecule has 33 heavy (non-hydrogen) atoms. The van der Waals surface area contributed by atoms with E-state index in [1.165, 1.54) is 76.2 Å². The molecule has 0 amide bonds. The van der Waals surface area contributed by atoms with Crippen LogP contribution in [0.2, 0.25) is 0 Å². The summed E-state index contributed by atoms with van der Waals surface area (Å²) < 4.78 is 5.84. The Bertz CT molecular complexity index is 793. The fourth-order valence-electron chi connectivity index (χ4n) is 3.60. The lowest BCUT2D eigenvalue weighted by atomic mass is 10.1. The number of hydrogen-bond acceptors (Lipinski definition) is 2. The Morgan fingerprint density at radius 3 is 1.91 bits per heavy atom. The molecule has 0 aliphatic carbocycles. The quantitative estimate of drug-likeness (QED) is 0.203. The normalized spacial score (nSPS) is 9.94. The van der Waals surface area contributed by atoms with E-state index in [9.17, 15) is 0 Å². The van der Waals surface area contributed by atoms with Crippen LogP contribution < -0.4 is 4.74 Å². The average Bonchev–Trinajstić information content (AvgIpc) is 2.87. The molecule has 0 radical (unpaired) electrons. The summed E-state index contributed by atoms with van der Waals surface area (Å²) >= 11 is 0. The highest BCUT2D eigenvalue weighted by Crippen LogP contribution is 2.13. The number of benzene rings is 1. The Morgan fingerprint density at radius 1 is 0.697 bits per heavy atom. The Kier molecular flexibility index (Phi) is 17.1. The van der Waals surface area contributed by atoms with Gasteiger partial charge in [0.25, 0.3) is 0 Å². The number of terminal acetylenes is 1. The Balaban J connectivity index is 0.00000265. The molecule has 0 atom stereocenters. The van der Waals surface area contributed by atoms with Gasteiger partial charge in [-0.05, 0) is 61.1 Å². The number of nitrogens with zero attached hydrogens (tertiary/aromatic N) is 1. The van der Waals surface area contributed by atoms with Gasteiger partial charge in [-0.25, -0.2) is 4.98 Å². The molecule has 1 aromatic carbocycles. The summed E-state index contributed by atoms with van der Waals surface area (Å²) in [6, 6.07) is 12.3. The van der Waals surface area contributed by atoms with E-state index >= 15 is 0 Å². The minimum absolute atomic E-state index is 0.798. The monoisotopic (exact) mass is 445 g/mol. The van der Waals surface area contributed by atoms with Gasteiger partial charge in [-0.1, -0.05) is 90.0 Å². The van der Waals surface area contributed by atoms with E-state index in [0.29, 0.717) is 0 Å². The van der Waals surface area contributed by atoms with Crippen LogP contribution in [0, 0.1) is 24.7 Å². The van der Waals surface area contributed by atoms with Gasteiger partial charge in [0.1, 0.15) is 11.4 Å². The molecule has 2 rings (SSSR count). The first kappa shape index (κ1) is 28.3. The zero-order valence-corrected chi connectivity index (χ0v) is 21.0. The van der Waals surface area contributed by atoms with Gasteiger partial charge in [-0.3, -0.25) is 0 Å². The van der Waals surface area contributed by atoms with E-state index < -0.39 is 0 Å². The second-order valence-corrected chi connectivity index (χ2v) is 8.46. The molecule has 2 heteroatoms. The first-order valence-corrected chi connectivity index (χ1v) is 12.8. The lowest BCUT2D eigenvalue weighted by Gasteiger charge is -2.06.